The highest BCUT2D eigenvalue weighted by Crippen LogP contribution is 2.20. The van der Waals surface area contributed by atoms with Crippen LogP contribution in [0.1, 0.15) is 37.8 Å². The van der Waals surface area contributed by atoms with Crippen LogP contribution in [0.3, 0.4) is 0 Å². The summed E-state index contributed by atoms with van der Waals surface area (Å²) in [7, 11) is 5.67. The van der Waals surface area contributed by atoms with Crippen LogP contribution in [0.5, 0.6) is 0 Å². The van der Waals surface area contributed by atoms with E-state index in [0.717, 1.165) is 34.4 Å². The fourth-order valence-corrected chi connectivity index (χ4v) is 4.66. The third kappa shape index (κ3) is 8.37. The number of rotatable bonds is 12. The molecule has 0 saturated heterocycles. The molecule has 4 rings (SSSR count). The number of amides is 3. The Kier molecular flexibility index (Phi) is 10.4. The minimum absolute atomic E-state index is 0.234. The fraction of sp³-hybridized carbons (Fsp3) is 0.276. The number of fused-ring (bicyclic) bond motifs is 1. The second-order valence-electron chi connectivity index (χ2n) is 9.42. The Morgan fingerprint density at radius 2 is 1.61 bits per heavy atom. The van der Waals surface area contributed by atoms with E-state index in [2.05, 4.69) is 20.8 Å². The Hall–Kier alpha value is -4.26. The average molecular weight is 576 g/mol. The Bertz CT molecular complexity index is 1390. The fourth-order valence-electron chi connectivity index (χ4n) is 3.91. The van der Waals surface area contributed by atoms with Crippen LogP contribution in [0.25, 0.3) is 0 Å². The largest absolute Gasteiger partial charge is 0.464 e. The molecule has 0 bridgehead atoms. The Balaban J connectivity index is 1.34. The highest BCUT2D eigenvalue weighted by molar-refractivity contribution is 7.98. The molecule has 2 aromatic carbocycles. The molecular formula is C29H33N7O4S. The third-order valence-corrected chi connectivity index (χ3v) is 6.84. The monoisotopic (exact) mass is 575 g/mol. The minimum Gasteiger partial charge on any atom is -0.464 e. The lowest BCUT2D eigenvalue weighted by Gasteiger charge is -2.18. The molecule has 0 radical (unpaired) electrons. The molecule has 0 spiro atoms. The van der Waals surface area contributed by atoms with Gasteiger partial charge in [0.25, 0.3) is 17.7 Å². The van der Waals surface area contributed by atoms with E-state index in [1.54, 1.807) is 49.3 Å². The number of nitrogens with zero attached hydrogens (tertiary/aromatic N) is 5. The van der Waals surface area contributed by atoms with Gasteiger partial charge in [0.2, 0.25) is 5.96 Å². The molecule has 1 aliphatic heterocycles. The summed E-state index contributed by atoms with van der Waals surface area (Å²) < 4.78 is 5.85. The minimum atomic E-state index is -0.581. The first-order chi connectivity index (χ1) is 19.8. The quantitative estimate of drug-likeness (QED) is 0.110. The topological polar surface area (TPSA) is 123 Å². The van der Waals surface area contributed by atoms with Gasteiger partial charge in [-0.2, -0.15) is 21.9 Å². The van der Waals surface area contributed by atoms with E-state index < -0.39 is 17.7 Å². The average Bonchev–Trinajstić information content (AvgIpc) is 3.51. The van der Waals surface area contributed by atoms with E-state index in [1.807, 2.05) is 61.5 Å². The van der Waals surface area contributed by atoms with Crippen molar-refractivity contribution in [2.24, 2.45) is 10.1 Å². The van der Waals surface area contributed by atoms with Gasteiger partial charge in [-0.25, -0.2) is 15.4 Å². The molecule has 2 N–H and O–H groups in total. The second-order valence-corrected chi connectivity index (χ2v) is 10.5. The van der Waals surface area contributed by atoms with E-state index in [4.69, 9.17) is 4.42 Å². The molecule has 0 atom stereocenters. The van der Waals surface area contributed by atoms with Crippen molar-refractivity contribution in [2.75, 3.05) is 40.0 Å². The first kappa shape index (κ1) is 29.7. The molecule has 0 fully saturated rings. The van der Waals surface area contributed by atoms with Crippen LogP contribution in [-0.4, -0.2) is 84.8 Å². The molecule has 1 aromatic heterocycles. The lowest BCUT2D eigenvalue weighted by molar-refractivity contribution is -0.117. The molecule has 1 aliphatic rings. The van der Waals surface area contributed by atoms with Gasteiger partial charge < -0.3 is 14.6 Å². The van der Waals surface area contributed by atoms with Crippen LogP contribution in [0, 0.1) is 0 Å². The highest BCUT2D eigenvalue weighted by atomic mass is 32.2. The first-order valence-corrected chi connectivity index (χ1v) is 14.2. The van der Waals surface area contributed by atoms with Crippen LogP contribution >= 0.6 is 11.8 Å². The molecule has 3 aromatic rings. The molecule has 0 saturated carbocycles. The summed E-state index contributed by atoms with van der Waals surface area (Å²) in [5, 5.41) is 9.89. The van der Waals surface area contributed by atoms with Crippen molar-refractivity contribution in [2.45, 2.75) is 12.3 Å². The van der Waals surface area contributed by atoms with Gasteiger partial charge in [0.05, 0.1) is 36.2 Å². The maximum Gasteiger partial charge on any atom is 0.276 e. The van der Waals surface area contributed by atoms with Crippen LogP contribution in [0.2, 0.25) is 0 Å². The van der Waals surface area contributed by atoms with Crippen molar-refractivity contribution in [3.05, 3.63) is 94.9 Å². The molecule has 3 amide bonds. The maximum atomic E-state index is 12.8. The number of carbonyl (C=O) groups excluding carboxylic acids is 3. The number of guanidine groups is 1. The second kappa shape index (κ2) is 14.4. The lowest BCUT2D eigenvalue weighted by atomic mass is 10.1. The third-order valence-electron chi connectivity index (χ3n) is 5.86. The number of carbonyl (C=O) groups is 3. The number of nitrogens with one attached hydrogen (secondary N) is 2. The predicted molar refractivity (Wildman–Crippen MR) is 159 cm³/mol. The van der Waals surface area contributed by atoms with E-state index in [9.17, 15) is 14.4 Å². The van der Waals surface area contributed by atoms with Gasteiger partial charge in [-0.05, 0) is 43.9 Å². The molecule has 11 nitrogen and oxygen atoms in total. The van der Waals surface area contributed by atoms with Gasteiger partial charge in [0, 0.05) is 19.3 Å². The number of hydrogen-bond donors (Lipinski definition) is 2. The number of hydrazine groups is 1. The van der Waals surface area contributed by atoms with Crippen molar-refractivity contribution >= 4 is 41.7 Å². The Labute approximate surface area is 243 Å². The van der Waals surface area contributed by atoms with Crippen LogP contribution in [-0.2, 0) is 17.1 Å². The summed E-state index contributed by atoms with van der Waals surface area (Å²) in [6, 6.07) is 20.0. The van der Waals surface area contributed by atoms with Crippen LogP contribution in [0.15, 0.2) is 81.2 Å². The number of benzene rings is 2. The van der Waals surface area contributed by atoms with Crippen molar-refractivity contribution in [1.82, 2.24) is 25.7 Å². The molecule has 214 valence electrons. The van der Waals surface area contributed by atoms with Gasteiger partial charge in [0.15, 0.2) is 0 Å². The highest BCUT2D eigenvalue weighted by Gasteiger charge is 2.35. The van der Waals surface area contributed by atoms with Gasteiger partial charge in [-0.15, -0.1) is 0 Å². The standard InChI is InChI=1S/C29H33N7O4S/c1-34(2)19-22-13-14-23(40-22)20-41-16-15-30-29(35(3)31-17-21-9-5-4-6-10-21)33-26(37)18-32-36-27(38)24-11-7-8-12-25(24)28(36)39/h4-14,17,32H,15-16,18-20H2,1-3H3,(H,30,33,37)/b31-17+. The molecular weight excluding hydrogens is 542 g/mol. The van der Waals surface area contributed by atoms with E-state index in [-0.39, 0.29) is 12.5 Å². The van der Waals surface area contributed by atoms with E-state index >= 15 is 0 Å². The molecule has 0 unspecified atom stereocenters. The van der Waals surface area contributed by atoms with Crippen LogP contribution < -0.4 is 10.7 Å². The summed E-state index contributed by atoms with van der Waals surface area (Å²) in [5.74, 6) is 1.90. The zero-order valence-corrected chi connectivity index (χ0v) is 24.1. The summed E-state index contributed by atoms with van der Waals surface area (Å²) in [6.07, 6.45) is 1.66. The van der Waals surface area contributed by atoms with Crippen molar-refractivity contribution in [3.63, 3.8) is 0 Å². The Morgan fingerprint density at radius 3 is 2.29 bits per heavy atom. The maximum absolute atomic E-state index is 12.8. The molecule has 2 heterocycles. The van der Waals surface area contributed by atoms with E-state index in [1.165, 1.54) is 5.01 Å². The number of hydrazone groups is 1. The zero-order chi connectivity index (χ0) is 29.2. The smallest absolute Gasteiger partial charge is 0.276 e. The van der Waals surface area contributed by atoms with Crippen molar-refractivity contribution < 1.29 is 18.8 Å². The van der Waals surface area contributed by atoms with Gasteiger partial charge in [0.1, 0.15) is 11.5 Å². The van der Waals surface area contributed by atoms with Crippen molar-refractivity contribution in [1.29, 1.82) is 0 Å². The number of hydrogen-bond acceptors (Lipinski definition) is 8. The number of imide groups is 1. The number of furan rings is 1. The Morgan fingerprint density at radius 1 is 0.951 bits per heavy atom. The van der Waals surface area contributed by atoms with Crippen molar-refractivity contribution in [3.8, 4) is 0 Å². The van der Waals surface area contributed by atoms with E-state index in [0.29, 0.717) is 23.4 Å². The van der Waals surface area contributed by atoms with Crippen LogP contribution in [0.4, 0.5) is 0 Å². The van der Waals surface area contributed by atoms with Gasteiger partial charge in [-0.1, -0.05) is 42.5 Å². The summed E-state index contributed by atoms with van der Waals surface area (Å²) in [5.41, 5.74) is 4.08. The molecule has 0 aliphatic carbocycles. The zero-order valence-electron chi connectivity index (χ0n) is 23.2. The molecule has 12 heteroatoms. The summed E-state index contributed by atoms with van der Waals surface area (Å²) >= 11 is 1.68. The number of thioether (sulfide) groups is 1. The lowest BCUT2D eigenvalue weighted by Crippen LogP contribution is -2.45. The SMILES string of the molecule is CN(C)Cc1ccc(CSCCN/C(=N\C(=O)CNN2C(=O)c3ccccc3C2=O)N(C)/N=C/c2ccccc2)o1. The normalized spacial score (nSPS) is 13.4. The van der Waals surface area contributed by atoms with Gasteiger partial charge >= 0.3 is 0 Å². The van der Waals surface area contributed by atoms with Gasteiger partial charge in [-0.3, -0.25) is 14.4 Å². The summed E-state index contributed by atoms with van der Waals surface area (Å²) in [6.45, 7) is 0.909. The number of aliphatic imine (C=N–C) groups is 1. The molecule has 41 heavy (non-hydrogen) atoms. The first-order valence-electron chi connectivity index (χ1n) is 13.0. The predicted octanol–water partition coefficient (Wildman–Crippen LogP) is 2.81. The summed E-state index contributed by atoms with van der Waals surface area (Å²) in [4.78, 5) is 44.1.